The maximum absolute atomic E-state index is 12.8. The average Bonchev–Trinajstić information content (AvgIpc) is 3.48. The standard InChI is InChI=1S/C29H43N3O4Si/c1-22-19-26(27-15-16-30-31(27)21-35-17-18-37(3,4)5)28(32(22)29(33)34-2)20-36-25-13-11-24(12-14-25)23-9-7-6-8-10-23/h6-10,15-16,19,22,24-25,28H,11-14,17-18,20-21H2,1-5H3/t22-,24?,25?,28+/m1/s1. The van der Waals surface area contributed by atoms with Crippen molar-refractivity contribution in [2.24, 2.45) is 0 Å². The van der Waals surface area contributed by atoms with E-state index in [4.69, 9.17) is 14.2 Å². The van der Waals surface area contributed by atoms with E-state index in [0.717, 1.165) is 49.6 Å². The van der Waals surface area contributed by atoms with Crippen LogP contribution in [0, 0.1) is 0 Å². The second kappa shape index (κ2) is 12.4. The first-order chi connectivity index (χ1) is 17.8. The lowest BCUT2D eigenvalue weighted by atomic mass is 9.83. The van der Waals surface area contributed by atoms with Crippen LogP contribution in [0.15, 0.2) is 48.7 Å². The molecule has 2 heterocycles. The van der Waals surface area contributed by atoms with Crippen molar-refractivity contribution in [1.29, 1.82) is 0 Å². The number of benzene rings is 1. The Balaban J connectivity index is 1.41. The van der Waals surface area contributed by atoms with Gasteiger partial charge in [-0.15, -0.1) is 0 Å². The van der Waals surface area contributed by atoms with E-state index in [0.29, 0.717) is 19.3 Å². The zero-order valence-electron chi connectivity index (χ0n) is 23.1. The van der Waals surface area contributed by atoms with Crippen molar-refractivity contribution in [3.05, 3.63) is 59.9 Å². The molecule has 7 nitrogen and oxygen atoms in total. The predicted octanol–water partition coefficient (Wildman–Crippen LogP) is 6.16. The summed E-state index contributed by atoms with van der Waals surface area (Å²) >= 11 is 0. The molecule has 1 aliphatic carbocycles. The van der Waals surface area contributed by atoms with Gasteiger partial charge in [-0.05, 0) is 56.2 Å². The van der Waals surface area contributed by atoms with Gasteiger partial charge in [0.2, 0.25) is 0 Å². The van der Waals surface area contributed by atoms with Gasteiger partial charge in [-0.1, -0.05) is 56.0 Å². The van der Waals surface area contributed by atoms with E-state index in [1.54, 1.807) is 11.1 Å². The van der Waals surface area contributed by atoms with Crippen molar-refractivity contribution < 1.29 is 19.0 Å². The summed E-state index contributed by atoms with van der Waals surface area (Å²) in [5, 5.41) is 4.52. The fourth-order valence-corrected chi connectivity index (χ4v) is 6.19. The van der Waals surface area contributed by atoms with Crippen molar-refractivity contribution in [2.45, 2.75) is 89.1 Å². The molecule has 1 saturated carbocycles. The molecule has 4 rings (SSSR count). The molecule has 2 aromatic rings. The van der Waals surface area contributed by atoms with Crippen LogP contribution in [0.4, 0.5) is 4.79 Å². The average molecular weight is 526 g/mol. The summed E-state index contributed by atoms with van der Waals surface area (Å²) in [7, 11) is 0.281. The monoisotopic (exact) mass is 525 g/mol. The molecule has 0 saturated heterocycles. The molecule has 0 radical (unpaired) electrons. The molecule has 0 bridgehead atoms. The molecular weight excluding hydrogens is 482 g/mol. The quantitative estimate of drug-likeness (QED) is 0.274. The lowest BCUT2D eigenvalue weighted by Gasteiger charge is -2.33. The van der Waals surface area contributed by atoms with Gasteiger partial charge in [-0.3, -0.25) is 4.90 Å². The number of amides is 1. The number of hydrogen-bond donors (Lipinski definition) is 0. The Kier molecular flexibility index (Phi) is 9.26. The molecule has 0 unspecified atom stereocenters. The smallest absolute Gasteiger partial charge is 0.410 e. The highest BCUT2D eigenvalue weighted by molar-refractivity contribution is 6.76. The lowest BCUT2D eigenvalue weighted by molar-refractivity contribution is 0.000704. The molecule has 202 valence electrons. The van der Waals surface area contributed by atoms with Gasteiger partial charge in [0.15, 0.2) is 0 Å². The SMILES string of the molecule is COC(=O)N1[C@H](C)C=C(c2ccnn2COCC[Si](C)(C)C)[C@@H]1COC1CCC(c2ccccc2)CC1. The molecule has 0 N–H and O–H groups in total. The van der Waals surface area contributed by atoms with Crippen molar-refractivity contribution in [3.63, 3.8) is 0 Å². The molecule has 1 fully saturated rings. The Morgan fingerprint density at radius 1 is 1.08 bits per heavy atom. The highest BCUT2D eigenvalue weighted by Gasteiger charge is 2.39. The predicted molar refractivity (Wildman–Crippen MR) is 149 cm³/mol. The first-order valence-electron chi connectivity index (χ1n) is 13.6. The van der Waals surface area contributed by atoms with Crippen LogP contribution in [0.2, 0.25) is 25.7 Å². The Labute approximate surface area is 222 Å². The number of hydrogen-bond acceptors (Lipinski definition) is 5. The first-order valence-corrected chi connectivity index (χ1v) is 17.3. The van der Waals surface area contributed by atoms with Crippen LogP contribution in [-0.2, 0) is 20.9 Å². The molecule has 2 aliphatic rings. The fraction of sp³-hybridized carbons (Fsp3) is 0.586. The summed E-state index contributed by atoms with van der Waals surface area (Å²) in [6.45, 7) is 10.6. The summed E-state index contributed by atoms with van der Waals surface area (Å²) in [5.74, 6) is 0.602. The molecule has 1 aromatic heterocycles. The number of ether oxygens (including phenoxy) is 3. The summed E-state index contributed by atoms with van der Waals surface area (Å²) in [6.07, 6.45) is 8.11. The summed E-state index contributed by atoms with van der Waals surface area (Å²) < 4.78 is 19.5. The number of aromatic nitrogens is 2. The number of methoxy groups -OCH3 is 1. The van der Waals surface area contributed by atoms with Crippen molar-refractivity contribution in [2.75, 3.05) is 20.3 Å². The van der Waals surface area contributed by atoms with Gasteiger partial charge < -0.3 is 14.2 Å². The van der Waals surface area contributed by atoms with E-state index in [1.165, 1.54) is 12.7 Å². The second-order valence-electron chi connectivity index (χ2n) is 11.5. The van der Waals surface area contributed by atoms with Crippen LogP contribution in [0.3, 0.4) is 0 Å². The number of nitrogens with zero attached hydrogens (tertiary/aromatic N) is 3. The third kappa shape index (κ3) is 7.12. The zero-order valence-corrected chi connectivity index (χ0v) is 24.1. The van der Waals surface area contributed by atoms with Crippen LogP contribution in [0.25, 0.3) is 5.57 Å². The van der Waals surface area contributed by atoms with Crippen LogP contribution < -0.4 is 0 Å². The fourth-order valence-electron chi connectivity index (χ4n) is 5.44. The Hall–Kier alpha value is -2.42. The van der Waals surface area contributed by atoms with Crippen LogP contribution in [0.1, 0.15) is 49.8 Å². The second-order valence-corrected chi connectivity index (χ2v) is 17.2. The van der Waals surface area contributed by atoms with Gasteiger partial charge in [0.1, 0.15) is 6.73 Å². The minimum absolute atomic E-state index is 0.0963. The molecule has 2 atom stereocenters. The lowest BCUT2D eigenvalue weighted by Crippen LogP contribution is -2.44. The molecule has 8 heteroatoms. The highest BCUT2D eigenvalue weighted by atomic mass is 28.3. The first kappa shape index (κ1) is 27.6. The topological polar surface area (TPSA) is 65.8 Å². The molecular formula is C29H43N3O4Si. The van der Waals surface area contributed by atoms with Gasteiger partial charge in [0.25, 0.3) is 0 Å². The van der Waals surface area contributed by atoms with E-state index in [-0.39, 0.29) is 24.3 Å². The van der Waals surface area contributed by atoms with Gasteiger partial charge in [0.05, 0.1) is 37.6 Å². The molecule has 1 aliphatic heterocycles. The zero-order chi connectivity index (χ0) is 26.4. The largest absolute Gasteiger partial charge is 0.453 e. The van der Waals surface area contributed by atoms with E-state index >= 15 is 0 Å². The Morgan fingerprint density at radius 3 is 2.49 bits per heavy atom. The number of carbonyl (C=O) groups is 1. The summed E-state index contributed by atoms with van der Waals surface area (Å²) in [5.41, 5.74) is 3.43. The van der Waals surface area contributed by atoms with Gasteiger partial charge >= 0.3 is 6.09 Å². The maximum Gasteiger partial charge on any atom is 0.410 e. The van der Waals surface area contributed by atoms with E-state index in [9.17, 15) is 4.79 Å². The van der Waals surface area contributed by atoms with Crippen LogP contribution in [0.5, 0.6) is 0 Å². The van der Waals surface area contributed by atoms with Crippen molar-refractivity contribution in [3.8, 4) is 0 Å². The minimum atomic E-state index is -1.16. The maximum atomic E-state index is 12.8. The molecule has 0 spiro atoms. The molecule has 1 amide bonds. The Morgan fingerprint density at radius 2 is 1.81 bits per heavy atom. The Bertz CT molecular complexity index is 1040. The number of rotatable bonds is 10. The van der Waals surface area contributed by atoms with E-state index in [2.05, 4.69) is 61.1 Å². The van der Waals surface area contributed by atoms with Crippen molar-refractivity contribution >= 4 is 19.7 Å². The van der Waals surface area contributed by atoms with Gasteiger partial charge in [-0.25, -0.2) is 9.48 Å². The van der Waals surface area contributed by atoms with Crippen LogP contribution >= 0.6 is 0 Å². The van der Waals surface area contributed by atoms with Gasteiger partial charge in [0, 0.05) is 26.5 Å². The minimum Gasteiger partial charge on any atom is -0.453 e. The normalized spacial score (nSPS) is 24.2. The third-order valence-corrected chi connectivity index (χ3v) is 9.30. The molecule has 37 heavy (non-hydrogen) atoms. The van der Waals surface area contributed by atoms with E-state index < -0.39 is 8.07 Å². The highest BCUT2D eigenvalue weighted by Crippen LogP contribution is 2.36. The van der Waals surface area contributed by atoms with Gasteiger partial charge in [-0.2, -0.15) is 5.10 Å². The number of carbonyl (C=O) groups excluding carboxylic acids is 1. The van der Waals surface area contributed by atoms with Crippen molar-refractivity contribution in [1.82, 2.24) is 14.7 Å². The van der Waals surface area contributed by atoms with E-state index in [1.807, 2.05) is 17.7 Å². The summed E-state index contributed by atoms with van der Waals surface area (Å²) in [6, 6.07) is 13.6. The summed E-state index contributed by atoms with van der Waals surface area (Å²) in [4.78, 5) is 14.5. The third-order valence-electron chi connectivity index (χ3n) is 7.60. The molecule has 1 aromatic carbocycles. The van der Waals surface area contributed by atoms with Crippen LogP contribution in [-0.4, -0.2) is 67.4 Å².